The Hall–Kier alpha value is -5.26. The monoisotopic (exact) mass is 558 g/mol. The largest absolute Gasteiger partial charge is 0.369 e. The Morgan fingerprint density at radius 3 is 2.34 bits per heavy atom. The fraction of sp³-hybridized carbons (Fsp3) is 0.241. The van der Waals surface area contributed by atoms with E-state index in [1.54, 1.807) is 75.5 Å². The van der Waals surface area contributed by atoms with E-state index in [2.05, 4.69) is 31.2 Å². The third-order valence-electron chi connectivity index (χ3n) is 6.01. The van der Waals surface area contributed by atoms with E-state index in [1.165, 1.54) is 17.2 Å². The maximum Gasteiger partial charge on any atom is 0.260 e. The summed E-state index contributed by atoms with van der Waals surface area (Å²) < 4.78 is 0. The van der Waals surface area contributed by atoms with Gasteiger partial charge in [0.15, 0.2) is 0 Å². The SMILES string of the molecule is CC=CC(=O)N(C)[C@@H](C)C(=O)Nc1cccc(NC(=O)c2cnc(Nc3ccc(C(N)=O)cc3)nc2NCCC)c1. The molecule has 3 rings (SSSR count). The minimum absolute atomic E-state index is 0.222. The van der Waals surface area contributed by atoms with Crippen LogP contribution in [0.4, 0.5) is 28.8 Å². The molecule has 2 aromatic carbocycles. The predicted molar refractivity (Wildman–Crippen MR) is 159 cm³/mol. The number of likely N-dealkylation sites (N-methyl/N-ethyl adjacent to an activating group) is 1. The van der Waals surface area contributed by atoms with Gasteiger partial charge in [-0.1, -0.05) is 19.1 Å². The molecule has 6 N–H and O–H groups in total. The van der Waals surface area contributed by atoms with Gasteiger partial charge in [0.25, 0.3) is 5.91 Å². The minimum Gasteiger partial charge on any atom is -0.369 e. The Kier molecular flexibility index (Phi) is 10.5. The molecule has 0 saturated carbocycles. The number of hydrogen-bond donors (Lipinski definition) is 5. The van der Waals surface area contributed by atoms with Gasteiger partial charge in [-0.15, -0.1) is 0 Å². The predicted octanol–water partition coefficient (Wildman–Crippen LogP) is 3.75. The highest BCUT2D eigenvalue weighted by Gasteiger charge is 2.21. The second kappa shape index (κ2) is 14.2. The van der Waals surface area contributed by atoms with Crippen molar-refractivity contribution in [3.05, 3.63) is 78.0 Å². The molecule has 41 heavy (non-hydrogen) atoms. The molecule has 0 aliphatic rings. The molecule has 1 heterocycles. The summed E-state index contributed by atoms with van der Waals surface area (Å²) in [6, 6.07) is 12.5. The van der Waals surface area contributed by atoms with E-state index >= 15 is 0 Å². The van der Waals surface area contributed by atoms with Crippen molar-refractivity contribution >= 4 is 52.5 Å². The molecule has 3 aromatic rings. The van der Waals surface area contributed by atoms with Gasteiger partial charge >= 0.3 is 0 Å². The van der Waals surface area contributed by atoms with Crippen molar-refractivity contribution in [2.24, 2.45) is 5.73 Å². The summed E-state index contributed by atoms with van der Waals surface area (Å²) in [4.78, 5) is 59.4. The molecule has 0 spiro atoms. The lowest BCUT2D eigenvalue weighted by Gasteiger charge is -2.23. The molecule has 4 amide bonds. The van der Waals surface area contributed by atoms with Gasteiger partial charge < -0.3 is 31.9 Å². The molecule has 1 aromatic heterocycles. The van der Waals surface area contributed by atoms with Gasteiger partial charge in [0.05, 0.1) is 0 Å². The first kappa shape index (κ1) is 30.3. The number of primary amides is 1. The van der Waals surface area contributed by atoms with Gasteiger partial charge in [0.2, 0.25) is 23.7 Å². The molecular weight excluding hydrogens is 524 g/mol. The molecular formula is C29H34N8O4. The van der Waals surface area contributed by atoms with Crippen LogP contribution in [0.1, 0.15) is 47.9 Å². The highest BCUT2D eigenvalue weighted by atomic mass is 16.2. The van der Waals surface area contributed by atoms with Gasteiger partial charge in [-0.2, -0.15) is 4.98 Å². The summed E-state index contributed by atoms with van der Waals surface area (Å²) in [5.74, 6) is -1.05. The standard InChI is InChI=1S/C29H34N8O4/c1-5-8-24(38)37(4)18(3)27(40)33-21-9-7-10-22(16-21)34-28(41)23-17-32-29(36-26(23)31-15-6-2)35-20-13-11-19(12-14-20)25(30)39/h5,7-14,16-18H,6,15H2,1-4H3,(H2,30,39)(H,33,40)(H,34,41)(H2,31,32,35,36)/t18-/m0/s1. The lowest BCUT2D eigenvalue weighted by Crippen LogP contribution is -2.42. The number of nitrogens with one attached hydrogen (secondary N) is 4. The van der Waals surface area contributed by atoms with Crippen molar-refractivity contribution in [3.63, 3.8) is 0 Å². The Bertz CT molecular complexity index is 1440. The number of hydrogen-bond acceptors (Lipinski definition) is 8. The highest BCUT2D eigenvalue weighted by molar-refractivity contribution is 6.08. The van der Waals surface area contributed by atoms with E-state index in [4.69, 9.17) is 5.73 Å². The number of benzene rings is 2. The van der Waals surface area contributed by atoms with Crippen LogP contribution in [0, 0.1) is 0 Å². The van der Waals surface area contributed by atoms with Crippen LogP contribution in [-0.2, 0) is 9.59 Å². The Balaban J connectivity index is 1.73. The van der Waals surface area contributed by atoms with Gasteiger partial charge in [-0.3, -0.25) is 19.2 Å². The van der Waals surface area contributed by atoms with Crippen LogP contribution in [0.2, 0.25) is 0 Å². The van der Waals surface area contributed by atoms with Crippen LogP contribution in [-0.4, -0.2) is 58.1 Å². The number of amides is 4. The summed E-state index contributed by atoms with van der Waals surface area (Å²) in [7, 11) is 1.55. The fourth-order valence-electron chi connectivity index (χ4n) is 3.58. The Labute approximate surface area is 238 Å². The van der Waals surface area contributed by atoms with Gasteiger partial charge in [-0.05, 0) is 68.8 Å². The second-order valence-corrected chi connectivity index (χ2v) is 9.10. The molecule has 12 nitrogen and oxygen atoms in total. The van der Waals surface area contributed by atoms with Crippen LogP contribution < -0.4 is 27.0 Å². The smallest absolute Gasteiger partial charge is 0.260 e. The van der Waals surface area contributed by atoms with Crippen LogP contribution in [0.5, 0.6) is 0 Å². The Morgan fingerprint density at radius 1 is 1.02 bits per heavy atom. The van der Waals surface area contributed by atoms with E-state index in [0.29, 0.717) is 35.0 Å². The minimum atomic E-state index is -0.713. The number of nitrogens with zero attached hydrogens (tertiary/aromatic N) is 3. The summed E-state index contributed by atoms with van der Waals surface area (Å²) >= 11 is 0. The normalized spacial score (nSPS) is 11.4. The fourth-order valence-corrected chi connectivity index (χ4v) is 3.58. The number of aromatic nitrogens is 2. The van der Waals surface area contributed by atoms with Crippen LogP contribution in [0.3, 0.4) is 0 Å². The van der Waals surface area contributed by atoms with E-state index in [0.717, 1.165) is 6.42 Å². The maximum atomic E-state index is 13.2. The number of carbonyl (C=O) groups excluding carboxylic acids is 4. The molecule has 0 aliphatic heterocycles. The quantitative estimate of drug-likeness (QED) is 0.209. The lowest BCUT2D eigenvalue weighted by molar-refractivity contribution is -0.132. The molecule has 214 valence electrons. The first-order valence-electron chi connectivity index (χ1n) is 13.0. The zero-order valence-corrected chi connectivity index (χ0v) is 23.4. The average Bonchev–Trinajstić information content (AvgIpc) is 2.95. The Morgan fingerprint density at radius 2 is 1.71 bits per heavy atom. The molecule has 12 heteroatoms. The van der Waals surface area contributed by atoms with Crippen LogP contribution >= 0.6 is 0 Å². The number of rotatable bonds is 12. The van der Waals surface area contributed by atoms with Crippen molar-refractivity contribution in [1.29, 1.82) is 0 Å². The zero-order chi connectivity index (χ0) is 29.9. The summed E-state index contributed by atoms with van der Waals surface area (Å²) in [6.45, 7) is 5.92. The molecule has 0 unspecified atom stereocenters. The highest BCUT2D eigenvalue weighted by Crippen LogP contribution is 2.21. The second-order valence-electron chi connectivity index (χ2n) is 9.10. The molecule has 0 aliphatic carbocycles. The van der Waals surface area contributed by atoms with E-state index in [9.17, 15) is 19.2 Å². The van der Waals surface area contributed by atoms with Gasteiger partial charge in [0, 0.05) is 42.4 Å². The number of allylic oxidation sites excluding steroid dienone is 1. The topological polar surface area (TPSA) is 171 Å². The van der Waals surface area contributed by atoms with E-state index in [-0.39, 0.29) is 23.3 Å². The zero-order valence-electron chi connectivity index (χ0n) is 23.4. The van der Waals surface area contributed by atoms with Crippen molar-refractivity contribution in [3.8, 4) is 0 Å². The average molecular weight is 559 g/mol. The van der Waals surface area contributed by atoms with E-state index in [1.807, 2.05) is 6.92 Å². The molecule has 1 atom stereocenters. The van der Waals surface area contributed by atoms with Crippen molar-refractivity contribution in [2.75, 3.05) is 34.9 Å². The van der Waals surface area contributed by atoms with Crippen molar-refractivity contribution < 1.29 is 19.2 Å². The summed E-state index contributed by atoms with van der Waals surface area (Å²) in [6.07, 6.45) is 5.21. The molecule has 0 fully saturated rings. The first-order valence-corrected chi connectivity index (χ1v) is 13.0. The van der Waals surface area contributed by atoms with Crippen molar-refractivity contribution in [1.82, 2.24) is 14.9 Å². The van der Waals surface area contributed by atoms with Crippen molar-refractivity contribution in [2.45, 2.75) is 33.2 Å². The van der Waals surface area contributed by atoms with Crippen LogP contribution in [0.15, 0.2) is 66.9 Å². The van der Waals surface area contributed by atoms with Gasteiger partial charge in [0.1, 0.15) is 17.4 Å². The molecule has 0 bridgehead atoms. The first-order chi connectivity index (χ1) is 19.6. The number of nitrogens with two attached hydrogens (primary N) is 1. The number of carbonyl (C=O) groups is 4. The van der Waals surface area contributed by atoms with Gasteiger partial charge in [-0.25, -0.2) is 4.98 Å². The maximum absolute atomic E-state index is 13.2. The summed E-state index contributed by atoms with van der Waals surface area (Å²) in [5.41, 5.74) is 7.42. The molecule has 0 saturated heterocycles. The third kappa shape index (κ3) is 8.36. The van der Waals surface area contributed by atoms with Crippen LogP contribution in [0.25, 0.3) is 0 Å². The third-order valence-corrected chi connectivity index (χ3v) is 6.01. The summed E-state index contributed by atoms with van der Waals surface area (Å²) in [5, 5.41) is 11.8. The number of anilines is 5. The lowest BCUT2D eigenvalue weighted by atomic mass is 10.2. The van der Waals surface area contributed by atoms with E-state index < -0.39 is 17.9 Å². The molecule has 0 radical (unpaired) electrons.